The van der Waals surface area contributed by atoms with Crippen molar-refractivity contribution in [2.24, 2.45) is 0 Å². The van der Waals surface area contributed by atoms with Crippen LogP contribution in [0, 0.1) is 0 Å². The Morgan fingerprint density at radius 3 is 2.15 bits per heavy atom. The van der Waals surface area contributed by atoms with Crippen LogP contribution in [0.3, 0.4) is 0 Å². The van der Waals surface area contributed by atoms with Gasteiger partial charge in [0, 0.05) is 20.0 Å². The summed E-state index contributed by atoms with van der Waals surface area (Å²) in [5.41, 5.74) is 0. The lowest BCUT2D eigenvalue weighted by Crippen LogP contribution is -2.27. The van der Waals surface area contributed by atoms with Crippen molar-refractivity contribution in [2.75, 3.05) is 13.6 Å². The molecule has 0 spiro atoms. The third kappa shape index (κ3) is 6.79. The molecule has 0 unspecified atom stereocenters. The summed E-state index contributed by atoms with van der Waals surface area (Å²) in [5, 5.41) is 0. The topological polar surface area (TPSA) is 57.6 Å². The molecule has 8 heteroatoms. The van der Waals surface area contributed by atoms with Crippen LogP contribution < -0.4 is 0 Å². The predicted octanol–water partition coefficient (Wildman–Crippen LogP) is 1.06. The van der Waals surface area contributed by atoms with Gasteiger partial charge in [-0.15, -0.1) is 0 Å². The zero-order valence-electron chi connectivity index (χ0n) is 6.87. The number of hydrogen-bond acceptors (Lipinski definition) is 2. The summed E-state index contributed by atoms with van der Waals surface area (Å²) in [4.78, 5) is 0. The molecule has 0 saturated carbocycles. The van der Waals surface area contributed by atoms with Gasteiger partial charge in [0.2, 0.25) is 0 Å². The van der Waals surface area contributed by atoms with Crippen molar-refractivity contribution in [3.8, 4) is 0 Å². The zero-order valence-corrected chi connectivity index (χ0v) is 7.69. The molecule has 0 rings (SSSR count). The van der Waals surface area contributed by atoms with Crippen LogP contribution in [0.1, 0.15) is 12.8 Å². The second kappa shape index (κ2) is 4.25. The molecule has 0 aromatic heterocycles. The van der Waals surface area contributed by atoms with Crippen LogP contribution in [0.15, 0.2) is 0 Å². The highest BCUT2D eigenvalue weighted by Gasteiger charge is 2.27. The summed E-state index contributed by atoms with van der Waals surface area (Å²) in [6.07, 6.45) is -5.72. The van der Waals surface area contributed by atoms with E-state index >= 15 is 0 Å². The molecule has 13 heavy (non-hydrogen) atoms. The Hall–Kier alpha value is -0.340. The van der Waals surface area contributed by atoms with Crippen LogP contribution in [0.2, 0.25) is 0 Å². The Bertz CT molecular complexity index is 248. The van der Waals surface area contributed by atoms with E-state index in [0.717, 1.165) is 7.05 Å². The van der Waals surface area contributed by atoms with Gasteiger partial charge in [-0.2, -0.15) is 25.9 Å². The lowest BCUT2D eigenvalue weighted by atomic mass is 10.3. The fourth-order valence-electron chi connectivity index (χ4n) is 0.618. The standard InChI is InChI=1S/C5H10F3NO3S/c1-9(13(10,11)12)4-2-3-5(6,7)8/h2-4H2,1H3,(H,10,11,12). The first-order chi connectivity index (χ1) is 5.63. The molecule has 0 aliphatic rings. The van der Waals surface area contributed by atoms with Crippen LogP contribution in [-0.4, -0.2) is 37.0 Å². The first-order valence-electron chi connectivity index (χ1n) is 3.38. The second-order valence-electron chi connectivity index (χ2n) is 2.52. The average molecular weight is 221 g/mol. The summed E-state index contributed by atoms with van der Waals surface area (Å²) in [5.74, 6) is 0. The molecular weight excluding hydrogens is 211 g/mol. The van der Waals surface area contributed by atoms with Crippen molar-refractivity contribution < 1.29 is 26.1 Å². The average Bonchev–Trinajstić information content (AvgIpc) is 1.82. The van der Waals surface area contributed by atoms with E-state index in [-0.39, 0.29) is 13.0 Å². The monoisotopic (exact) mass is 221 g/mol. The van der Waals surface area contributed by atoms with Gasteiger partial charge in [0.15, 0.2) is 0 Å². The smallest absolute Gasteiger partial charge is 0.273 e. The first kappa shape index (κ1) is 12.7. The van der Waals surface area contributed by atoms with E-state index < -0.39 is 22.9 Å². The van der Waals surface area contributed by atoms with E-state index in [4.69, 9.17) is 4.55 Å². The van der Waals surface area contributed by atoms with Gasteiger partial charge < -0.3 is 0 Å². The lowest BCUT2D eigenvalue weighted by Gasteiger charge is -2.12. The molecule has 0 aromatic carbocycles. The minimum atomic E-state index is -4.35. The van der Waals surface area contributed by atoms with E-state index in [1.807, 2.05) is 0 Å². The van der Waals surface area contributed by atoms with Gasteiger partial charge in [-0.1, -0.05) is 0 Å². The number of halogens is 3. The second-order valence-corrected chi connectivity index (χ2v) is 4.04. The summed E-state index contributed by atoms with van der Waals surface area (Å²) in [6, 6.07) is 0. The fraction of sp³-hybridized carbons (Fsp3) is 1.00. The highest BCUT2D eigenvalue weighted by Crippen LogP contribution is 2.21. The van der Waals surface area contributed by atoms with Crippen molar-refractivity contribution >= 4 is 10.3 Å². The van der Waals surface area contributed by atoms with Gasteiger partial charge in [-0.05, 0) is 6.42 Å². The molecule has 0 aliphatic carbocycles. The highest BCUT2D eigenvalue weighted by atomic mass is 32.2. The van der Waals surface area contributed by atoms with Gasteiger partial charge in [0.05, 0.1) is 0 Å². The highest BCUT2D eigenvalue weighted by molar-refractivity contribution is 7.83. The van der Waals surface area contributed by atoms with Gasteiger partial charge >= 0.3 is 16.5 Å². The van der Waals surface area contributed by atoms with E-state index in [2.05, 4.69) is 0 Å². The van der Waals surface area contributed by atoms with Crippen molar-refractivity contribution in [3.63, 3.8) is 0 Å². The first-order valence-corrected chi connectivity index (χ1v) is 4.78. The van der Waals surface area contributed by atoms with E-state index in [1.165, 1.54) is 0 Å². The van der Waals surface area contributed by atoms with Crippen LogP contribution in [-0.2, 0) is 10.3 Å². The molecule has 0 bridgehead atoms. The SMILES string of the molecule is CN(CCCC(F)(F)F)S(=O)(=O)O. The maximum absolute atomic E-state index is 11.6. The minimum Gasteiger partial charge on any atom is -0.273 e. The molecule has 0 aromatic rings. The Morgan fingerprint density at radius 1 is 1.38 bits per heavy atom. The third-order valence-corrected chi connectivity index (χ3v) is 2.30. The quantitative estimate of drug-likeness (QED) is 0.722. The Labute approximate surface area is 74.2 Å². The Balaban J connectivity index is 3.80. The van der Waals surface area contributed by atoms with Gasteiger partial charge in [0.25, 0.3) is 0 Å². The summed E-state index contributed by atoms with van der Waals surface area (Å²) in [7, 11) is -3.35. The molecule has 0 fully saturated rings. The third-order valence-electron chi connectivity index (χ3n) is 1.33. The van der Waals surface area contributed by atoms with Crippen molar-refractivity contribution in [1.82, 2.24) is 4.31 Å². The Morgan fingerprint density at radius 2 is 1.85 bits per heavy atom. The van der Waals surface area contributed by atoms with Gasteiger partial charge in [0.1, 0.15) is 0 Å². The molecule has 0 aliphatic heterocycles. The van der Waals surface area contributed by atoms with E-state index in [1.54, 1.807) is 0 Å². The van der Waals surface area contributed by atoms with Crippen LogP contribution in [0.4, 0.5) is 13.2 Å². The molecule has 0 radical (unpaired) electrons. The van der Waals surface area contributed by atoms with Gasteiger partial charge in [-0.25, -0.2) is 0 Å². The fourth-order valence-corrected chi connectivity index (χ4v) is 0.977. The number of rotatable bonds is 4. The zero-order chi connectivity index (χ0) is 10.7. The van der Waals surface area contributed by atoms with Gasteiger partial charge in [-0.3, -0.25) is 4.55 Å². The summed E-state index contributed by atoms with van der Waals surface area (Å²) < 4.78 is 64.1. The molecule has 0 amide bonds. The van der Waals surface area contributed by atoms with E-state index in [9.17, 15) is 21.6 Å². The number of hydrogen-bond donors (Lipinski definition) is 1. The number of nitrogens with zero attached hydrogens (tertiary/aromatic N) is 1. The normalized spacial score (nSPS) is 13.7. The minimum absolute atomic E-state index is 0.349. The number of alkyl halides is 3. The molecule has 1 N–H and O–H groups in total. The van der Waals surface area contributed by atoms with E-state index in [0.29, 0.717) is 4.31 Å². The molecule has 0 atom stereocenters. The lowest BCUT2D eigenvalue weighted by molar-refractivity contribution is -0.135. The maximum Gasteiger partial charge on any atom is 0.389 e. The molecule has 80 valence electrons. The summed E-state index contributed by atoms with van der Waals surface area (Å²) >= 11 is 0. The van der Waals surface area contributed by atoms with Crippen molar-refractivity contribution in [1.29, 1.82) is 0 Å². The Kier molecular flexibility index (Phi) is 4.14. The molecule has 0 heterocycles. The molecule has 4 nitrogen and oxygen atoms in total. The maximum atomic E-state index is 11.6. The molecule has 0 saturated heterocycles. The van der Waals surface area contributed by atoms with Crippen LogP contribution >= 0.6 is 0 Å². The van der Waals surface area contributed by atoms with Crippen LogP contribution in [0.25, 0.3) is 0 Å². The van der Waals surface area contributed by atoms with Crippen LogP contribution in [0.5, 0.6) is 0 Å². The summed E-state index contributed by atoms with van der Waals surface area (Å²) in [6.45, 7) is -0.349. The largest absolute Gasteiger partial charge is 0.389 e. The van der Waals surface area contributed by atoms with Crippen molar-refractivity contribution in [3.05, 3.63) is 0 Å². The predicted molar refractivity (Wildman–Crippen MR) is 39.5 cm³/mol. The molecular formula is C5H10F3NO3S. The van der Waals surface area contributed by atoms with Crippen molar-refractivity contribution in [2.45, 2.75) is 19.0 Å².